The Balaban J connectivity index is 0.000000128. The van der Waals surface area contributed by atoms with E-state index in [2.05, 4.69) is 4.98 Å². The number of benzene rings is 6. The zero-order chi connectivity index (χ0) is 89.7. The summed E-state index contributed by atoms with van der Waals surface area (Å²) < 4.78 is 126. The van der Waals surface area contributed by atoms with Crippen LogP contribution in [0, 0.1) is 0 Å². The lowest BCUT2D eigenvalue weighted by molar-refractivity contribution is -0.146. The third-order valence-corrected chi connectivity index (χ3v) is 20.2. The molecule has 0 fully saturated rings. The second-order valence-corrected chi connectivity index (χ2v) is 28.7. The number of fused-ring (bicyclic) bond motifs is 5. The highest BCUT2D eigenvalue weighted by atomic mass is 16.7. The maximum Gasteiger partial charge on any atom is 0.334 e. The molecule has 0 aliphatic carbocycles. The molecule has 0 bridgehead atoms. The third kappa shape index (κ3) is 25.7. The number of rotatable bonds is 17. The Morgan fingerprint density at radius 2 is 0.578 bits per heavy atom. The van der Waals surface area contributed by atoms with Crippen LogP contribution in [0.2, 0.25) is 0 Å². The van der Waals surface area contributed by atoms with Crippen LogP contribution in [-0.4, -0.2) is 156 Å². The van der Waals surface area contributed by atoms with E-state index in [1.165, 1.54) is 42.5 Å². The molecule has 128 heavy (non-hydrogen) atoms. The molecule has 12 aliphatic heterocycles. The van der Waals surface area contributed by atoms with Crippen molar-refractivity contribution in [1.82, 2.24) is 4.98 Å². The lowest BCUT2D eigenvalue weighted by atomic mass is 10.0. The van der Waals surface area contributed by atoms with Crippen LogP contribution in [0.5, 0.6) is 57.5 Å². The molecular weight excluding hydrogens is 1660 g/mol. The summed E-state index contributed by atoms with van der Waals surface area (Å²) >= 11 is 0. The molecule has 0 spiro atoms. The third-order valence-electron chi connectivity index (χ3n) is 20.2. The van der Waals surface area contributed by atoms with Gasteiger partial charge in [0.2, 0.25) is 20.4 Å². The van der Waals surface area contributed by atoms with E-state index in [1.54, 1.807) is 62.2 Å². The fourth-order valence-electron chi connectivity index (χ4n) is 13.8. The van der Waals surface area contributed by atoms with Crippen LogP contribution in [0.3, 0.4) is 0 Å². The van der Waals surface area contributed by atoms with Gasteiger partial charge in [-0.05, 0) is 118 Å². The average molecular weight is 1760 g/mol. The van der Waals surface area contributed by atoms with Gasteiger partial charge in [0.25, 0.3) is 0 Å². The summed E-state index contributed by atoms with van der Waals surface area (Å²) in [5, 5.41) is 0. The second-order valence-electron chi connectivity index (χ2n) is 28.7. The number of allylic oxidation sites excluding steroid dienone is 2. The Labute approximate surface area is 736 Å². The fourth-order valence-corrected chi connectivity index (χ4v) is 13.8. The number of hydrogen-bond acceptors (Lipinski definition) is 32. The molecule has 19 rings (SSSR count). The zero-order valence-electron chi connectivity index (χ0n) is 70.9. The first kappa shape index (κ1) is 90.5. The molecule has 0 radical (unpaired) electrons. The van der Waals surface area contributed by atoms with E-state index in [-0.39, 0.29) is 105 Å². The number of aromatic nitrogens is 1. The summed E-state index contributed by atoms with van der Waals surface area (Å²) in [6.45, 7) is 2.90. The van der Waals surface area contributed by atoms with Crippen molar-refractivity contribution >= 4 is 53.9 Å². The van der Waals surface area contributed by atoms with Crippen molar-refractivity contribution in [3.63, 3.8) is 0 Å². The van der Waals surface area contributed by atoms with Crippen molar-refractivity contribution in [2.45, 2.75) is 87.7 Å². The Kier molecular flexibility index (Phi) is 31.7. The summed E-state index contributed by atoms with van der Waals surface area (Å²) in [5.41, 5.74) is 6.46. The minimum atomic E-state index is -0.388. The maximum absolute atomic E-state index is 11.5. The van der Waals surface area contributed by atoms with Crippen LogP contribution >= 0.6 is 0 Å². The van der Waals surface area contributed by atoms with Gasteiger partial charge in [0.05, 0.1) is 92.3 Å². The molecule has 668 valence electrons. The summed E-state index contributed by atoms with van der Waals surface area (Å²) in [4.78, 5) is 83.6. The highest BCUT2D eigenvalue weighted by Gasteiger charge is 2.32. The van der Waals surface area contributed by atoms with E-state index in [0.29, 0.717) is 146 Å². The molecular formula is C96H93NO31. The van der Waals surface area contributed by atoms with Gasteiger partial charge in [-0.1, -0.05) is 91.0 Å². The fraction of sp³-hybridized carbons (Fsp3) is 0.292. The van der Waals surface area contributed by atoms with E-state index in [4.69, 9.17) is 114 Å². The standard InChI is InChI=1S/C17H16O5.2C14H14O5.C13H13NO3.2C13H12O5.C12H12O3/c1-19-14-9-13(22-17(18)10-14)5-3-2-4-12-6-7-15-16(8-12)21-11-20-15;2*1-16-10-7-12(19-14(15)8-10)9-2-3-11-13(6-9)18-5-4-17-11;1-16-12-7-11(17-13(15)8-12)5-4-10-3-2-6-14-9-10;2*1-15-9-5-11(18-13(14)6-9)8-2-3-10-12(4-8)17-7-16-10;1-14-10-7-11(15-12(13)8-10)9-5-3-2-4-6-9/h2-8,10,13H,9,11H2,1H3;2*2-3,6,8,12H,4-5,7H2,1H3;2-6,8-9,11H,7H2,1H3;2*2-4,6,11H,5,7H2,1H3;2-6,8,11H,7H2,1H3/b4-2+,5-3+;;;5-4+;;;. The molecule has 0 saturated carbocycles. The van der Waals surface area contributed by atoms with E-state index in [1.807, 2.05) is 170 Å². The molecule has 1 aromatic heterocycles. The second kappa shape index (κ2) is 44.9. The van der Waals surface area contributed by atoms with Gasteiger partial charge in [0.15, 0.2) is 57.5 Å². The first-order valence-electron chi connectivity index (χ1n) is 40.5. The number of hydrogen-bond donors (Lipinski definition) is 0. The van der Waals surface area contributed by atoms with E-state index in [0.717, 1.165) is 61.9 Å². The quantitative estimate of drug-likeness (QED) is 0.0464. The molecule has 7 unspecified atom stereocenters. The average Bonchev–Trinajstić information content (AvgIpc) is 1.80. The van der Waals surface area contributed by atoms with Gasteiger partial charge in [-0.2, -0.15) is 0 Å². The zero-order valence-corrected chi connectivity index (χ0v) is 70.9. The van der Waals surface area contributed by atoms with Crippen molar-refractivity contribution in [3.8, 4) is 57.5 Å². The van der Waals surface area contributed by atoms with Crippen LogP contribution in [-0.2, 0) is 99.9 Å². The Hall–Kier alpha value is -15.2. The number of carbonyl (C=O) groups is 7. The number of esters is 7. The van der Waals surface area contributed by atoms with Gasteiger partial charge < -0.3 is 114 Å². The smallest absolute Gasteiger partial charge is 0.334 e. The molecule has 0 amide bonds. The van der Waals surface area contributed by atoms with Crippen LogP contribution in [0.25, 0.3) is 12.2 Å². The first-order valence-corrected chi connectivity index (χ1v) is 40.5. The molecule has 6 aromatic carbocycles. The highest BCUT2D eigenvalue weighted by molar-refractivity contribution is 5.87. The minimum absolute atomic E-state index is 0.223. The number of nitrogens with zero attached hydrogens (tertiary/aromatic N) is 1. The van der Waals surface area contributed by atoms with E-state index >= 15 is 0 Å². The first-order chi connectivity index (χ1) is 62.3. The molecule has 12 aliphatic rings. The monoisotopic (exact) mass is 1760 g/mol. The molecule has 7 atom stereocenters. The molecule has 32 heteroatoms. The minimum Gasteiger partial charge on any atom is -0.501 e. The summed E-state index contributed by atoms with van der Waals surface area (Å²) in [6.07, 6.45) is 25.9. The Morgan fingerprint density at radius 3 is 0.938 bits per heavy atom. The summed E-state index contributed by atoms with van der Waals surface area (Å²) in [7, 11) is 10.8. The van der Waals surface area contributed by atoms with Gasteiger partial charge in [-0.3, -0.25) is 4.98 Å². The molecule has 13 heterocycles. The molecule has 0 saturated heterocycles. The van der Waals surface area contributed by atoms with Gasteiger partial charge >= 0.3 is 41.8 Å². The largest absolute Gasteiger partial charge is 0.501 e. The Morgan fingerprint density at radius 1 is 0.273 bits per heavy atom. The van der Waals surface area contributed by atoms with Crippen molar-refractivity contribution < 1.29 is 147 Å². The van der Waals surface area contributed by atoms with Crippen molar-refractivity contribution in [3.05, 3.63) is 292 Å². The van der Waals surface area contributed by atoms with E-state index < -0.39 is 0 Å². The van der Waals surface area contributed by atoms with Gasteiger partial charge in [-0.25, -0.2) is 33.6 Å². The summed E-state index contributed by atoms with van der Waals surface area (Å²) in [5.74, 6) is 8.90. The van der Waals surface area contributed by atoms with Crippen LogP contribution in [0.4, 0.5) is 0 Å². The normalized spacial score (nSPS) is 20.9. The lowest BCUT2D eigenvalue weighted by Crippen LogP contribution is -2.21. The molecule has 0 N–H and O–H groups in total. The highest BCUT2D eigenvalue weighted by Crippen LogP contribution is 2.43. The van der Waals surface area contributed by atoms with E-state index in [9.17, 15) is 33.6 Å². The van der Waals surface area contributed by atoms with Gasteiger partial charge in [0, 0.05) is 57.3 Å². The predicted octanol–water partition coefficient (Wildman–Crippen LogP) is 14.8. The molecule has 7 aromatic rings. The van der Waals surface area contributed by atoms with Gasteiger partial charge in [-0.15, -0.1) is 0 Å². The van der Waals surface area contributed by atoms with Crippen LogP contribution in [0.15, 0.2) is 253 Å². The van der Waals surface area contributed by atoms with Crippen molar-refractivity contribution in [1.29, 1.82) is 0 Å². The Bertz CT molecular complexity index is 5270. The van der Waals surface area contributed by atoms with Crippen molar-refractivity contribution in [2.75, 3.05) is 96.6 Å². The number of carbonyl (C=O) groups excluding carboxylic acids is 7. The lowest BCUT2D eigenvalue weighted by Gasteiger charge is -2.24. The predicted molar refractivity (Wildman–Crippen MR) is 452 cm³/mol. The van der Waals surface area contributed by atoms with Crippen LogP contribution < -0.4 is 47.4 Å². The van der Waals surface area contributed by atoms with Gasteiger partial charge in [0.1, 0.15) is 109 Å². The number of ether oxygens (including phenoxy) is 24. The molecule has 32 nitrogen and oxygen atoms in total. The number of cyclic esters (lactones) is 7. The topological polar surface area (TPSA) is 354 Å². The number of methoxy groups -OCH3 is 7. The number of pyridine rings is 1. The summed E-state index contributed by atoms with van der Waals surface area (Å²) in [6, 6.07) is 41.4. The van der Waals surface area contributed by atoms with Crippen LogP contribution in [0.1, 0.15) is 114 Å². The van der Waals surface area contributed by atoms with Crippen molar-refractivity contribution in [2.24, 2.45) is 0 Å². The SMILES string of the molecule is COC1=CC(=O)OC(/C=C/C=C/c2ccc3c(c2)OCO3)C1.COC1=CC(=O)OC(/C=C/c2cccnc2)C1.COC1=CC(=O)OC(c2ccc3c(c2)OCCO3)C1.COC1=CC(=O)OC(c2ccc3c(c2)OCCO3)C1.COC1=CC(=O)OC(c2ccc3c(c2)OCO3)C1.COC1=CC(=O)OC(c2ccc3c(c2)OCO3)C1.COC1=CC(=O)OC(c2ccccc2)C1. The maximum atomic E-state index is 11.5.